The van der Waals surface area contributed by atoms with Gasteiger partial charge in [-0.15, -0.1) is 0 Å². The van der Waals surface area contributed by atoms with Gasteiger partial charge >= 0.3 is 5.97 Å². The zero-order valence-corrected chi connectivity index (χ0v) is 12.4. The number of likely N-dealkylation sites (tertiary alicyclic amines) is 1. The van der Waals surface area contributed by atoms with E-state index in [1.165, 1.54) is 6.42 Å². The van der Waals surface area contributed by atoms with Crippen LogP contribution in [0, 0.1) is 5.92 Å². The van der Waals surface area contributed by atoms with E-state index in [2.05, 4.69) is 11.8 Å². The molecule has 3 N–H and O–H groups in total. The average Bonchev–Trinajstić information content (AvgIpc) is 2.36. The summed E-state index contributed by atoms with van der Waals surface area (Å²) in [6, 6.07) is 0. The number of hydrogen-bond donors (Lipinski definition) is 2. The van der Waals surface area contributed by atoms with Crippen LogP contribution in [0.5, 0.6) is 0 Å². The van der Waals surface area contributed by atoms with Crippen LogP contribution in [0.25, 0.3) is 0 Å². The fourth-order valence-electron chi connectivity index (χ4n) is 2.54. The molecule has 19 heavy (non-hydrogen) atoms. The minimum Gasteiger partial charge on any atom is -0.480 e. The maximum Gasteiger partial charge on any atom is 0.323 e. The lowest BCUT2D eigenvalue weighted by atomic mass is 9.94. The van der Waals surface area contributed by atoms with Crippen LogP contribution in [0.3, 0.4) is 0 Å². The van der Waals surface area contributed by atoms with Gasteiger partial charge in [0, 0.05) is 13.7 Å². The monoisotopic (exact) mass is 272 g/mol. The van der Waals surface area contributed by atoms with Gasteiger partial charge in [-0.2, -0.15) is 0 Å². The Morgan fingerprint density at radius 2 is 2.21 bits per heavy atom. The number of hydrogen-bond acceptors (Lipinski definition) is 4. The smallest absolute Gasteiger partial charge is 0.323 e. The highest BCUT2D eigenvalue weighted by molar-refractivity contribution is 5.77. The highest BCUT2D eigenvalue weighted by Gasteiger charge is 2.28. The van der Waals surface area contributed by atoms with Gasteiger partial charge in [0.1, 0.15) is 5.54 Å². The van der Waals surface area contributed by atoms with Crippen molar-refractivity contribution in [1.82, 2.24) is 4.90 Å². The third-order valence-electron chi connectivity index (χ3n) is 4.19. The standard InChI is InChI=1S/C14H28N2O3/c1-11-6-9-16(10-12(11)19-3)8-5-4-7-14(2,15)13(17)18/h11-12H,4-10,15H2,1-3H3,(H,17,18). The second kappa shape index (κ2) is 7.22. The maximum absolute atomic E-state index is 10.9. The lowest BCUT2D eigenvalue weighted by molar-refractivity contribution is -0.142. The average molecular weight is 272 g/mol. The van der Waals surface area contributed by atoms with Crippen LogP contribution in [0.4, 0.5) is 0 Å². The fourth-order valence-corrected chi connectivity index (χ4v) is 2.54. The Morgan fingerprint density at radius 1 is 1.53 bits per heavy atom. The van der Waals surface area contributed by atoms with Crippen LogP contribution < -0.4 is 5.73 Å². The van der Waals surface area contributed by atoms with Crippen LogP contribution in [0.2, 0.25) is 0 Å². The Labute approximate surface area is 116 Å². The largest absolute Gasteiger partial charge is 0.480 e. The number of piperidine rings is 1. The number of nitrogens with two attached hydrogens (primary N) is 1. The molecule has 0 aromatic rings. The first kappa shape index (κ1) is 16.4. The van der Waals surface area contributed by atoms with Crippen LogP contribution in [-0.2, 0) is 9.53 Å². The molecule has 112 valence electrons. The van der Waals surface area contributed by atoms with Gasteiger partial charge in [0.25, 0.3) is 0 Å². The fraction of sp³-hybridized carbons (Fsp3) is 0.929. The van der Waals surface area contributed by atoms with Crippen LogP contribution in [0.1, 0.15) is 39.5 Å². The first-order valence-corrected chi connectivity index (χ1v) is 7.14. The highest BCUT2D eigenvalue weighted by Crippen LogP contribution is 2.20. The molecule has 1 aliphatic heterocycles. The minimum absolute atomic E-state index is 0.326. The summed E-state index contributed by atoms with van der Waals surface area (Å²) in [7, 11) is 1.78. The van der Waals surface area contributed by atoms with Crippen molar-refractivity contribution in [2.45, 2.75) is 51.2 Å². The van der Waals surface area contributed by atoms with E-state index in [1.807, 2.05) is 0 Å². The van der Waals surface area contributed by atoms with Crippen molar-refractivity contribution in [3.63, 3.8) is 0 Å². The van der Waals surface area contributed by atoms with Gasteiger partial charge in [-0.1, -0.05) is 6.92 Å². The molecule has 3 atom stereocenters. The number of ether oxygens (including phenoxy) is 1. The molecule has 0 aromatic carbocycles. The molecule has 0 amide bonds. The van der Waals surface area contributed by atoms with Gasteiger partial charge < -0.3 is 20.5 Å². The molecular formula is C14H28N2O3. The van der Waals surface area contributed by atoms with Gasteiger partial charge in [0.2, 0.25) is 0 Å². The predicted molar refractivity (Wildman–Crippen MR) is 75.1 cm³/mol. The van der Waals surface area contributed by atoms with Crippen molar-refractivity contribution in [2.75, 3.05) is 26.7 Å². The topological polar surface area (TPSA) is 75.8 Å². The lowest BCUT2D eigenvalue weighted by Gasteiger charge is -2.36. The molecule has 1 fully saturated rings. The Morgan fingerprint density at radius 3 is 2.79 bits per heavy atom. The summed E-state index contributed by atoms with van der Waals surface area (Å²) in [6.45, 7) is 6.91. The van der Waals surface area contributed by atoms with Crippen molar-refractivity contribution in [3.05, 3.63) is 0 Å². The van der Waals surface area contributed by atoms with E-state index in [9.17, 15) is 4.79 Å². The van der Waals surface area contributed by atoms with Gasteiger partial charge in [-0.25, -0.2) is 0 Å². The first-order chi connectivity index (χ1) is 8.86. The van der Waals surface area contributed by atoms with E-state index < -0.39 is 11.5 Å². The molecular weight excluding hydrogens is 244 g/mol. The summed E-state index contributed by atoms with van der Waals surface area (Å²) in [4.78, 5) is 13.3. The Bertz CT molecular complexity index is 294. The van der Waals surface area contributed by atoms with Crippen molar-refractivity contribution in [3.8, 4) is 0 Å². The van der Waals surface area contributed by atoms with Crippen molar-refractivity contribution >= 4 is 5.97 Å². The third-order valence-corrected chi connectivity index (χ3v) is 4.19. The molecule has 0 saturated carbocycles. The zero-order chi connectivity index (χ0) is 14.5. The van der Waals surface area contributed by atoms with E-state index in [1.54, 1.807) is 14.0 Å². The molecule has 0 aromatic heterocycles. The number of rotatable bonds is 7. The van der Waals surface area contributed by atoms with Gasteiger partial charge in [-0.05, 0) is 51.6 Å². The molecule has 5 nitrogen and oxygen atoms in total. The van der Waals surface area contributed by atoms with Crippen molar-refractivity contribution in [2.24, 2.45) is 11.7 Å². The molecule has 0 aliphatic carbocycles. The molecule has 1 heterocycles. The molecule has 0 radical (unpaired) electrons. The molecule has 1 rings (SSSR count). The summed E-state index contributed by atoms with van der Waals surface area (Å²) >= 11 is 0. The van der Waals surface area contributed by atoms with Crippen LogP contribution in [-0.4, -0.2) is 54.4 Å². The Kier molecular flexibility index (Phi) is 6.23. The van der Waals surface area contributed by atoms with Crippen molar-refractivity contribution in [1.29, 1.82) is 0 Å². The van der Waals surface area contributed by atoms with E-state index in [0.717, 1.165) is 32.5 Å². The first-order valence-electron chi connectivity index (χ1n) is 7.14. The molecule has 0 spiro atoms. The predicted octanol–water partition coefficient (Wildman–Crippen LogP) is 1.32. The number of methoxy groups -OCH3 is 1. The van der Waals surface area contributed by atoms with Gasteiger partial charge in [0.15, 0.2) is 0 Å². The molecule has 1 aliphatic rings. The zero-order valence-electron chi connectivity index (χ0n) is 12.4. The Hall–Kier alpha value is -0.650. The van der Waals surface area contributed by atoms with E-state index in [0.29, 0.717) is 18.4 Å². The van der Waals surface area contributed by atoms with Gasteiger partial charge in [0.05, 0.1) is 6.10 Å². The number of aliphatic carboxylic acids is 1. The summed E-state index contributed by atoms with van der Waals surface area (Å²) in [5.41, 5.74) is 4.62. The number of carbonyl (C=O) groups is 1. The third kappa shape index (κ3) is 5.09. The van der Waals surface area contributed by atoms with Crippen LogP contribution in [0.15, 0.2) is 0 Å². The van der Waals surface area contributed by atoms with Gasteiger partial charge in [-0.3, -0.25) is 4.79 Å². The molecule has 1 saturated heterocycles. The quantitative estimate of drug-likeness (QED) is 0.684. The maximum atomic E-state index is 10.9. The molecule has 3 unspecified atom stereocenters. The summed E-state index contributed by atoms with van der Waals surface area (Å²) in [5.74, 6) is -0.292. The second-order valence-corrected chi connectivity index (χ2v) is 6.02. The number of carboxylic acid groups (broad SMARTS) is 1. The Balaban J connectivity index is 2.21. The SMILES string of the molecule is COC1CN(CCCCC(C)(N)C(=O)O)CCC1C. The van der Waals surface area contributed by atoms with E-state index in [4.69, 9.17) is 15.6 Å². The van der Waals surface area contributed by atoms with Crippen LogP contribution >= 0.6 is 0 Å². The minimum atomic E-state index is -1.09. The lowest BCUT2D eigenvalue weighted by Crippen LogP contribution is -2.45. The summed E-state index contributed by atoms with van der Waals surface area (Å²) in [6.07, 6.45) is 3.86. The molecule has 5 heteroatoms. The van der Waals surface area contributed by atoms with E-state index >= 15 is 0 Å². The van der Waals surface area contributed by atoms with Crippen molar-refractivity contribution < 1.29 is 14.6 Å². The number of carboxylic acids is 1. The van der Waals surface area contributed by atoms with E-state index in [-0.39, 0.29) is 0 Å². The number of unbranched alkanes of at least 4 members (excludes halogenated alkanes) is 1. The molecule has 0 bridgehead atoms. The normalized spacial score (nSPS) is 28.0. The highest BCUT2D eigenvalue weighted by atomic mass is 16.5. The second-order valence-electron chi connectivity index (χ2n) is 6.02. The summed E-state index contributed by atoms with van der Waals surface area (Å²) < 4.78 is 5.49. The number of nitrogens with zero attached hydrogens (tertiary/aromatic N) is 1. The summed E-state index contributed by atoms with van der Waals surface area (Å²) in [5, 5.41) is 8.93.